The molecule has 30 heavy (non-hydrogen) atoms. The summed E-state index contributed by atoms with van der Waals surface area (Å²) in [6.07, 6.45) is -0.285. The second kappa shape index (κ2) is 8.54. The minimum Gasteiger partial charge on any atom is -0.497 e. The molecule has 8 nitrogen and oxygen atoms in total. The number of hydrogen-bond acceptors (Lipinski definition) is 5. The zero-order valence-corrected chi connectivity index (χ0v) is 16.6. The second-order valence-corrected chi connectivity index (χ2v) is 7.19. The lowest BCUT2D eigenvalue weighted by molar-refractivity contribution is -0.140. The third-order valence-corrected chi connectivity index (χ3v) is 5.32. The number of anilines is 1. The average molecular weight is 409 g/mol. The van der Waals surface area contributed by atoms with Gasteiger partial charge in [0.25, 0.3) is 5.91 Å². The number of carbonyl (C=O) groups excluding carboxylic acids is 3. The molecule has 2 aliphatic rings. The molecule has 0 unspecified atom stereocenters. The van der Waals surface area contributed by atoms with Gasteiger partial charge in [-0.15, -0.1) is 0 Å². The molecule has 156 valence electrons. The first-order chi connectivity index (χ1) is 14.6. The molecule has 2 aromatic carbocycles. The molecule has 0 aromatic heterocycles. The number of imide groups is 1. The van der Waals surface area contributed by atoms with E-state index < -0.39 is 18.0 Å². The Bertz CT molecular complexity index is 932. The number of ether oxygens (including phenoxy) is 2. The summed E-state index contributed by atoms with van der Waals surface area (Å²) in [5, 5.41) is 2.62. The van der Waals surface area contributed by atoms with Crippen LogP contribution in [0.3, 0.4) is 0 Å². The van der Waals surface area contributed by atoms with Gasteiger partial charge in [0.1, 0.15) is 17.9 Å². The van der Waals surface area contributed by atoms with Crippen LogP contribution in [0.1, 0.15) is 18.1 Å². The van der Waals surface area contributed by atoms with E-state index in [1.54, 1.807) is 36.3 Å². The lowest BCUT2D eigenvalue weighted by Crippen LogP contribution is -2.45. The van der Waals surface area contributed by atoms with Crippen molar-refractivity contribution in [3.8, 4) is 5.75 Å². The Morgan fingerprint density at radius 1 is 1.13 bits per heavy atom. The molecule has 1 N–H and O–H groups in total. The van der Waals surface area contributed by atoms with Crippen molar-refractivity contribution in [2.24, 2.45) is 0 Å². The smallest absolute Gasteiger partial charge is 0.329 e. The maximum Gasteiger partial charge on any atom is 0.329 e. The number of amides is 4. The fraction of sp³-hybridized carbons (Fsp3) is 0.318. The number of hydrogen-bond donors (Lipinski definition) is 1. The molecular formula is C22H23N3O5. The fourth-order valence-corrected chi connectivity index (χ4v) is 3.69. The first kappa shape index (κ1) is 19.9. The van der Waals surface area contributed by atoms with Crippen molar-refractivity contribution >= 4 is 23.5 Å². The van der Waals surface area contributed by atoms with E-state index in [-0.39, 0.29) is 18.4 Å². The SMILES string of the molecule is COc1ccc(N2C(=O)N[C@H](CC(=O)N3CCO[C@H](c4ccccc4)C3)C2=O)cc1. The van der Waals surface area contributed by atoms with Crippen molar-refractivity contribution in [3.63, 3.8) is 0 Å². The van der Waals surface area contributed by atoms with Crippen molar-refractivity contribution < 1.29 is 23.9 Å². The van der Waals surface area contributed by atoms with E-state index in [2.05, 4.69) is 5.32 Å². The Morgan fingerprint density at radius 2 is 1.87 bits per heavy atom. The van der Waals surface area contributed by atoms with Gasteiger partial charge in [0, 0.05) is 6.54 Å². The van der Waals surface area contributed by atoms with Gasteiger partial charge < -0.3 is 19.7 Å². The third kappa shape index (κ3) is 3.99. The topological polar surface area (TPSA) is 88.2 Å². The van der Waals surface area contributed by atoms with Crippen LogP contribution in [-0.4, -0.2) is 55.6 Å². The highest BCUT2D eigenvalue weighted by Crippen LogP contribution is 2.25. The molecular weight excluding hydrogens is 386 g/mol. The van der Waals surface area contributed by atoms with Crippen LogP contribution in [0.4, 0.5) is 10.5 Å². The molecule has 0 spiro atoms. The Kier molecular flexibility index (Phi) is 5.67. The standard InChI is InChI=1S/C22H23N3O5/c1-29-17-9-7-16(8-10-17)25-21(27)18(23-22(25)28)13-20(26)24-11-12-30-19(14-24)15-5-3-2-4-6-15/h2-10,18-19H,11-14H2,1H3,(H,23,28)/t18-,19+/m1/s1. The van der Waals surface area contributed by atoms with Crippen LogP contribution >= 0.6 is 0 Å². The Morgan fingerprint density at radius 3 is 2.57 bits per heavy atom. The Balaban J connectivity index is 1.40. The summed E-state index contributed by atoms with van der Waals surface area (Å²) >= 11 is 0. The lowest BCUT2D eigenvalue weighted by Gasteiger charge is -2.33. The molecule has 2 aliphatic heterocycles. The zero-order valence-electron chi connectivity index (χ0n) is 16.6. The number of rotatable bonds is 5. The molecule has 0 radical (unpaired) electrons. The van der Waals surface area contributed by atoms with Crippen molar-refractivity contribution in [3.05, 3.63) is 60.2 Å². The minimum atomic E-state index is -0.884. The van der Waals surface area contributed by atoms with Gasteiger partial charge in [-0.3, -0.25) is 9.59 Å². The van der Waals surface area contributed by atoms with E-state index in [9.17, 15) is 14.4 Å². The van der Waals surface area contributed by atoms with Crippen molar-refractivity contribution in [2.45, 2.75) is 18.6 Å². The first-order valence-corrected chi connectivity index (χ1v) is 9.79. The average Bonchev–Trinajstić information content (AvgIpc) is 3.07. The zero-order chi connectivity index (χ0) is 21.1. The van der Waals surface area contributed by atoms with E-state index >= 15 is 0 Å². The van der Waals surface area contributed by atoms with Gasteiger partial charge in [-0.25, -0.2) is 9.69 Å². The van der Waals surface area contributed by atoms with Crippen LogP contribution in [0.15, 0.2) is 54.6 Å². The van der Waals surface area contributed by atoms with Crippen LogP contribution in [0.2, 0.25) is 0 Å². The minimum absolute atomic E-state index is 0.0846. The van der Waals surface area contributed by atoms with Crippen LogP contribution in [0.25, 0.3) is 0 Å². The summed E-state index contributed by atoms with van der Waals surface area (Å²) in [5.74, 6) is -0.00123. The third-order valence-electron chi connectivity index (χ3n) is 5.32. The maximum atomic E-state index is 12.8. The fourth-order valence-electron chi connectivity index (χ4n) is 3.69. The summed E-state index contributed by atoms with van der Waals surface area (Å²) in [4.78, 5) is 40.7. The number of urea groups is 1. The molecule has 8 heteroatoms. The first-order valence-electron chi connectivity index (χ1n) is 9.79. The Hall–Kier alpha value is -3.39. The molecule has 0 saturated carbocycles. The number of methoxy groups -OCH3 is 1. The van der Waals surface area contributed by atoms with Crippen molar-refractivity contribution in [1.82, 2.24) is 10.2 Å². The number of benzene rings is 2. The molecule has 0 bridgehead atoms. The van der Waals surface area contributed by atoms with Gasteiger partial charge >= 0.3 is 6.03 Å². The predicted molar refractivity (Wildman–Crippen MR) is 109 cm³/mol. The van der Waals surface area contributed by atoms with Crippen LogP contribution in [0.5, 0.6) is 5.75 Å². The van der Waals surface area contributed by atoms with Crippen LogP contribution in [0, 0.1) is 0 Å². The summed E-state index contributed by atoms with van der Waals surface area (Å²) in [5.41, 5.74) is 1.44. The summed E-state index contributed by atoms with van der Waals surface area (Å²) in [7, 11) is 1.54. The largest absolute Gasteiger partial charge is 0.497 e. The van der Waals surface area contributed by atoms with Gasteiger partial charge in [0.15, 0.2) is 0 Å². The monoisotopic (exact) mass is 409 g/mol. The van der Waals surface area contributed by atoms with Crippen molar-refractivity contribution in [2.75, 3.05) is 31.7 Å². The predicted octanol–water partition coefficient (Wildman–Crippen LogP) is 2.11. The molecule has 4 rings (SSSR count). The van der Waals surface area contributed by atoms with Gasteiger partial charge in [-0.2, -0.15) is 0 Å². The van der Waals surface area contributed by atoms with E-state index in [1.807, 2.05) is 30.3 Å². The summed E-state index contributed by atoms with van der Waals surface area (Å²) < 4.78 is 10.9. The van der Waals surface area contributed by atoms with Crippen molar-refractivity contribution in [1.29, 1.82) is 0 Å². The lowest BCUT2D eigenvalue weighted by atomic mass is 10.1. The number of carbonyl (C=O) groups is 3. The highest BCUT2D eigenvalue weighted by Gasteiger charge is 2.41. The second-order valence-electron chi connectivity index (χ2n) is 7.19. The molecule has 2 heterocycles. The van der Waals surface area contributed by atoms with Gasteiger partial charge in [0.2, 0.25) is 5.91 Å². The molecule has 4 amide bonds. The van der Waals surface area contributed by atoms with Gasteiger partial charge in [-0.1, -0.05) is 30.3 Å². The normalized spacial score (nSPS) is 21.5. The van der Waals surface area contributed by atoms with Crippen LogP contribution in [-0.2, 0) is 14.3 Å². The number of nitrogens with one attached hydrogen (secondary N) is 1. The van der Waals surface area contributed by atoms with Gasteiger partial charge in [0.05, 0.1) is 32.4 Å². The van der Waals surface area contributed by atoms with Gasteiger partial charge in [-0.05, 0) is 29.8 Å². The highest BCUT2D eigenvalue weighted by molar-refractivity contribution is 6.22. The van der Waals surface area contributed by atoms with E-state index in [4.69, 9.17) is 9.47 Å². The van der Waals surface area contributed by atoms with E-state index in [0.717, 1.165) is 10.5 Å². The maximum absolute atomic E-state index is 12.8. The van der Waals surface area contributed by atoms with Crippen LogP contribution < -0.4 is 15.0 Å². The summed E-state index contributed by atoms with van der Waals surface area (Å²) in [6, 6.07) is 14.9. The number of nitrogens with zero attached hydrogens (tertiary/aromatic N) is 2. The molecule has 2 atom stereocenters. The number of morpholine rings is 1. The van der Waals surface area contributed by atoms with E-state index in [0.29, 0.717) is 31.1 Å². The van der Waals surface area contributed by atoms with E-state index in [1.165, 1.54) is 0 Å². The molecule has 2 aromatic rings. The summed E-state index contributed by atoms with van der Waals surface area (Å²) in [6.45, 7) is 1.30. The highest BCUT2D eigenvalue weighted by atomic mass is 16.5. The quantitative estimate of drug-likeness (QED) is 0.765. The molecule has 0 aliphatic carbocycles. The Labute approximate surface area is 174 Å². The molecule has 2 saturated heterocycles. The molecule has 2 fully saturated rings.